The van der Waals surface area contributed by atoms with Crippen LogP contribution in [0.1, 0.15) is 5.56 Å². The number of hydrogen-bond donors (Lipinski definition) is 0. The molecule has 0 fully saturated rings. The topological polar surface area (TPSA) is 48.6 Å². The number of methoxy groups -OCH3 is 2. The minimum absolute atomic E-state index is 0.258. The lowest BCUT2D eigenvalue weighted by Gasteiger charge is -2.13. The molecule has 0 atom stereocenters. The predicted molar refractivity (Wildman–Crippen MR) is 116 cm³/mol. The lowest BCUT2D eigenvalue weighted by atomic mass is 10.1. The molecule has 30 heavy (non-hydrogen) atoms. The maximum absolute atomic E-state index is 13.4. The zero-order chi connectivity index (χ0) is 20.9. The van der Waals surface area contributed by atoms with E-state index in [1.165, 1.54) is 23.5 Å². The normalized spacial score (nSPS) is 11.5. The maximum Gasteiger partial charge on any atom is 0.190 e. The lowest BCUT2D eigenvalue weighted by Crippen LogP contribution is -2.17. The summed E-state index contributed by atoms with van der Waals surface area (Å²) in [5, 5.41) is 2.04. The molecule has 2 aromatic carbocycles. The smallest absolute Gasteiger partial charge is 0.190 e. The number of benzene rings is 2. The van der Waals surface area contributed by atoms with Crippen LogP contribution in [-0.2, 0) is 6.54 Å². The second kappa shape index (κ2) is 8.92. The minimum Gasteiger partial charge on any atom is -0.497 e. The van der Waals surface area contributed by atoms with Crippen LogP contribution in [-0.4, -0.2) is 23.8 Å². The fourth-order valence-electron chi connectivity index (χ4n) is 3.10. The van der Waals surface area contributed by atoms with Crippen LogP contribution in [0.4, 0.5) is 10.1 Å². The van der Waals surface area contributed by atoms with Gasteiger partial charge in [0, 0.05) is 23.2 Å². The molecule has 0 bridgehead atoms. The van der Waals surface area contributed by atoms with Crippen LogP contribution in [0.2, 0.25) is 0 Å². The van der Waals surface area contributed by atoms with E-state index in [-0.39, 0.29) is 5.82 Å². The van der Waals surface area contributed by atoms with E-state index in [2.05, 4.69) is 9.55 Å². The molecule has 0 saturated carbocycles. The van der Waals surface area contributed by atoms with Gasteiger partial charge in [0.15, 0.2) is 4.80 Å². The third-order valence-electron chi connectivity index (χ3n) is 4.61. The molecule has 2 heterocycles. The number of thiazole rings is 1. The predicted octanol–water partition coefficient (Wildman–Crippen LogP) is 5.05. The second-order valence-corrected chi connectivity index (χ2v) is 7.34. The van der Waals surface area contributed by atoms with E-state index in [1.807, 2.05) is 35.7 Å². The average molecular weight is 421 g/mol. The summed E-state index contributed by atoms with van der Waals surface area (Å²) in [6.07, 6.45) is 3.43. The van der Waals surface area contributed by atoms with E-state index in [0.29, 0.717) is 12.3 Å². The summed E-state index contributed by atoms with van der Waals surface area (Å²) in [4.78, 5) is 9.72. The summed E-state index contributed by atoms with van der Waals surface area (Å²) < 4.78 is 26.4. The van der Waals surface area contributed by atoms with Gasteiger partial charge in [-0.2, -0.15) is 0 Å². The molecule has 5 nitrogen and oxygen atoms in total. The van der Waals surface area contributed by atoms with Gasteiger partial charge < -0.3 is 14.0 Å². The van der Waals surface area contributed by atoms with Crippen LogP contribution in [0.5, 0.6) is 11.5 Å². The van der Waals surface area contributed by atoms with E-state index >= 15 is 0 Å². The molecule has 0 amide bonds. The van der Waals surface area contributed by atoms with Gasteiger partial charge >= 0.3 is 0 Å². The highest BCUT2D eigenvalue weighted by atomic mass is 32.1. The van der Waals surface area contributed by atoms with Crippen molar-refractivity contribution in [1.29, 1.82) is 0 Å². The van der Waals surface area contributed by atoms with Gasteiger partial charge in [-0.25, -0.2) is 9.38 Å². The number of rotatable bonds is 6. The van der Waals surface area contributed by atoms with E-state index < -0.39 is 0 Å². The summed E-state index contributed by atoms with van der Waals surface area (Å²) in [5.74, 6) is 1.16. The molecule has 0 N–H and O–H groups in total. The second-order valence-electron chi connectivity index (χ2n) is 6.51. The Morgan fingerprint density at radius 2 is 1.90 bits per heavy atom. The Labute approximate surface area is 177 Å². The Morgan fingerprint density at radius 1 is 1.07 bits per heavy atom. The van der Waals surface area contributed by atoms with Crippen LogP contribution >= 0.6 is 11.3 Å². The molecule has 0 spiro atoms. The van der Waals surface area contributed by atoms with Crippen molar-refractivity contribution >= 4 is 17.0 Å². The van der Waals surface area contributed by atoms with Crippen molar-refractivity contribution in [2.75, 3.05) is 14.2 Å². The Bertz CT molecular complexity index is 1200. The quantitative estimate of drug-likeness (QED) is 0.438. The summed E-state index contributed by atoms with van der Waals surface area (Å²) in [7, 11) is 3.26. The van der Waals surface area contributed by atoms with Gasteiger partial charge in [-0.15, -0.1) is 11.3 Å². The van der Waals surface area contributed by atoms with Crippen molar-refractivity contribution in [2.45, 2.75) is 6.54 Å². The summed E-state index contributed by atoms with van der Waals surface area (Å²) in [6.45, 7) is 0.535. The Hall–Kier alpha value is -3.45. The molecule has 7 heteroatoms. The Balaban J connectivity index is 1.87. The molecular weight excluding hydrogens is 401 g/mol. The van der Waals surface area contributed by atoms with Crippen molar-refractivity contribution in [2.24, 2.45) is 4.99 Å². The minimum atomic E-state index is -0.258. The third kappa shape index (κ3) is 4.26. The Kier molecular flexibility index (Phi) is 5.90. The maximum atomic E-state index is 13.4. The van der Waals surface area contributed by atoms with Crippen molar-refractivity contribution in [3.05, 3.63) is 88.6 Å². The molecule has 4 aromatic rings. The summed E-state index contributed by atoms with van der Waals surface area (Å²) in [5.41, 5.74) is 3.60. The van der Waals surface area contributed by atoms with Crippen LogP contribution in [0.25, 0.3) is 11.3 Å². The molecule has 0 aliphatic rings. The first-order valence-corrected chi connectivity index (χ1v) is 10.2. The van der Waals surface area contributed by atoms with Gasteiger partial charge in [-0.3, -0.25) is 4.98 Å². The molecule has 0 radical (unpaired) electrons. The number of aromatic nitrogens is 2. The van der Waals surface area contributed by atoms with Gasteiger partial charge in [0.2, 0.25) is 0 Å². The molecule has 2 aromatic heterocycles. The van der Waals surface area contributed by atoms with Crippen LogP contribution in [0.15, 0.2) is 77.4 Å². The van der Waals surface area contributed by atoms with Gasteiger partial charge in [-0.05, 0) is 42.0 Å². The van der Waals surface area contributed by atoms with E-state index in [1.54, 1.807) is 38.7 Å². The van der Waals surface area contributed by atoms with Crippen molar-refractivity contribution in [3.63, 3.8) is 0 Å². The third-order valence-corrected chi connectivity index (χ3v) is 5.47. The average Bonchev–Trinajstić information content (AvgIpc) is 3.17. The van der Waals surface area contributed by atoms with Crippen LogP contribution < -0.4 is 14.3 Å². The van der Waals surface area contributed by atoms with Crippen molar-refractivity contribution in [3.8, 4) is 22.8 Å². The standard InChI is InChI=1S/C23H20FN3O2S/c1-28-19-9-10-20(22(12-19)29-2)21-15-30-23(26-18-4-3-11-25-13-18)27(21)14-16-5-7-17(24)8-6-16/h3-13,15H,14H2,1-2H3. The van der Waals surface area contributed by atoms with Crippen LogP contribution in [0.3, 0.4) is 0 Å². The molecule has 0 aliphatic heterocycles. The first-order valence-electron chi connectivity index (χ1n) is 9.28. The van der Waals surface area contributed by atoms with Gasteiger partial charge in [-0.1, -0.05) is 12.1 Å². The molecule has 0 saturated heterocycles. The SMILES string of the molecule is COc1ccc(-c2csc(=Nc3cccnc3)n2Cc2ccc(F)cc2)c(OC)c1. The number of nitrogens with zero attached hydrogens (tertiary/aromatic N) is 3. The zero-order valence-electron chi connectivity index (χ0n) is 16.6. The molecular formula is C23H20FN3O2S. The van der Waals surface area contributed by atoms with Crippen molar-refractivity contribution in [1.82, 2.24) is 9.55 Å². The summed E-state index contributed by atoms with van der Waals surface area (Å²) >= 11 is 1.53. The van der Waals surface area contributed by atoms with E-state index in [4.69, 9.17) is 14.5 Å². The Morgan fingerprint density at radius 3 is 2.60 bits per heavy atom. The molecule has 0 aliphatic carbocycles. The van der Waals surface area contributed by atoms with Gasteiger partial charge in [0.25, 0.3) is 0 Å². The number of halogens is 1. The monoisotopic (exact) mass is 421 g/mol. The fourth-order valence-corrected chi connectivity index (χ4v) is 4.02. The van der Waals surface area contributed by atoms with Gasteiger partial charge in [0.1, 0.15) is 17.3 Å². The molecule has 4 rings (SSSR count). The molecule has 0 unspecified atom stereocenters. The highest BCUT2D eigenvalue weighted by Gasteiger charge is 2.14. The van der Waals surface area contributed by atoms with Crippen LogP contribution in [0, 0.1) is 5.82 Å². The zero-order valence-corrected chi connectivity index (χ0v) is 17.4. The van der Waals surface area contributed by atoms with E-state index in [9.17, 15) is 4.39 Å². The first kappa shape index (κ1) is 19.8. The lowest BCUT2D eigenvalue weighted by molar-refractivity contribution is 0.395. The number of ether oxygens (including phenoxy) is 2. The number of pyridine rings is 1. The summed E-state index contributed by atoms with van der Waals surface area (Å²) in [6, 6.07) is 16.0. The van der Waals surface area contributed by atoms with E-state index in [0.717, 1.165) is 33.1 Å². The first-order chi connectivity index (χ1) is 14.7. The molecule has 152 valence electrons. The highest BCUT2D eigenvalue weighted by molar-refractivity contribution is 7.07. The largest absolute Gasteiger partial charge is 0.497 e. The van der Waals surface area contributed by atoms with Crippen molar-refractivity contribution < 1.29 is 13.9 Å². The fraction of sp³-hybridized carbons (Fsp3) is 0.130. The van der Waals surface area contributed by atoms with Gasteiger partial charge in [0.05, 0.1) is 38.3 Å². The highest BCUT2D eigenvalue weighted by Crippen LogP contribution is 2.34. The number of hydrogen-bond acceptors (Lipinski definition) is 5.